The molecule has 0 aromatic carbocycles. The molecule has 0 amide bonds. The molecule has 1 saturated heterocycles. The Morgan fingerprint density at radius 3 is 2.65 bits per heavy atom. The Morgan fingerprint density at radius 2 is 2.12 bits per heavy atom. The van der Waals surface area contributed by atoms with Gasteiger partial charge in [-0.1, -0.05) is 13.8 Å². The Labute approximate surface area is 105 Å². The summed E-state index contributed by atoms with van der Waals surface area (Å²) < 4.78 is 29.4. The Balaban J connectivity index is 2.25. The molecule has 1 N–H and O–H groups in total. The van der Waals surface area contributed by atoms with E-state index in [-0.39, 0.29) is 17.1 Å². The summed E-state index contributed by atoms with van der Waals surface area (Å²) in [6, 6.07) is 0. The summed E-state index contributed by atoms with van der Waals surface area (Å²) >= 11 is 0. The van der Waals surface area contributed by atoms with Crippen molar-refractivity contribution in [3.05, 3.63) is 0 Å². The minimum Gasteiger partial charge on any atom is -0.377 e. The first kappa shape index (κ1) is 14.9. The fourth-order valence-electron chi connectivity index (χ4n) is 2.12. The van der Waals surface area contributed by atoms with Gasteiger partial charge in [0.25, 0.3) is 0 Å². The van der Waals surface area contributed by atoms with Gasteiger partial charge in [-0.15, -0.1) is 0 Å². The monoisotopic (exact) mass is 263 g/mol. The Bertz CT molecular complexity index is 314. The highest BCUT2D eigenvalue weighted by molar-refractivity contribution is 7.92. The largest absolute Gasteiger partial charge is 0.377 e. The third kappa shape index (κ3) is 4.94. The molecule has 0 radical (unpaired) electrons. The molecule has 0 aromatic heterocycles. The second-order valence-corrected chi connectivity index (χ2v) is 7.56. The number of nitrogens with one attached hydrogen (secondary N) is 1. The number of hydrogen-bond donors (Lipinski definition) is 1. The van der Waals surface area contributed by atoms with Crippen molar-refractivity contribution in [1.29, 1.82) is 0 Å². The first-order chi connectivity index (χ1) is 7.93. The molecule has 1 rings (SSSR count). The lowest BCUT2D eigenvalue weighted by Crippen LogP contribution is -2.31. The molecule has 5 heteroatoms. The maximum Gasteiger partial charge on any atom is 0.155 e. The molecule has 1 heterocycles. The smallest absolute Gasteiger partial charge is 0.155 e. The zero-order valence-corrected chi connectivity index (χ0v) is 11.9. The highest BCUT2D eigenvalue weighted by Crippen LogP contribution is 2.21. The van der Waals surface area contributed by atoms with E-state index in [4.69, 9.17) is 4.74 Å². The van der Waals surface area contributed by atoms with Crippen LogP contribution < -0.4 is 5.32 Å². The van der Waals surface area contributed by atoms with Gasteiger partial charge in [-0.2, -0.15) is 0 Å². The van der Waals surface area contributed by atoms with E-state index < -0.39 is 9.84 Å². The van der Waals surface area contributed by atoms with Crippen molar-refractivity contribution in [3.63, 3.8) is 0 Å². The van der Waals surface area contributed by atoms with Crippen LogP contribution in [0.2, 0.25) is 0 Å². The molecule has 2 unspecified atom stereocenters. The zero-order valence-electron chi connectivity index (χ0n) is 11.1. The van der Waals surface area contributed by atoms with Gasteiger partial charge < -0.3 is 10.1 Å². The number of sulfone groups is 1. The maximum atomic E-state index is 12.0. The molecule has 0 bridgehead atoms. The zero-order chi connectivity index (χ0) is 12.9. The third-order valence-corrected chi connectivity index (χ3v) is 5.50. The molecule has 1 aliphatic heterocycles. The first-order valence-corrected chi connectivity index (χ1v) is 8.19. The van der Waals surface area contributed by atoms with Gasteiger partial charge in [-0.05, 0) is 38.8 Å². The quantitative estimate of drug-likeness (QED) is 0.702. The van der Waals surface area contributed by atoms with Crippen LogP contribution in [0.25, 0.3) is 0 Å². The van der Waals surface area contributed by atoms with Crippen LogP contribution in [0.15, 0.2) is 0 Å². The van der Waals surface area contributed by atoms with E-state index in [1.807, 2.05) is 6.92 Å². The molecule has 0 aliphatic carbocycles. The van der Waals surface area contributed by atoms with Crippen LogP contribution >= 0.6 is 0 Å². The van der Waals surface area contributed by atoms with Crippen LogP contribution in [0.4, 0.5) is 0 Å². The van der Waals surface area contributed by atoms with E-state index in [2.05, 4.69) is 19.2 Å². The summed E-state index contributed by atoms with van der Waals surface area (Å²) in [4.78, 5) is 0. The van der Waals surface area contributed by atoms with Gasteiger partial charge in [0.1, 0.15) is 0 Å². The number of hydrogen-bond acceptors (Lipinski definition) is 4. The summed E-state index contributed by atoms with van der Waals surface area (Å²) in [7, 11) is -2.97. The van der Waals surface area contributed by atoms with Gasteiger partial charge >= 0.3 is 0 Å². The van der Waals surface area contributed by atoms with Crippen molar-refractivity contribution in [2.45, 2.75) is 45.0 Å². The van der Waals surface area contributed by atoms with Crippen molar-refractivity contribution in [2.24, 2.45) is 5.92 Å². The SMILES string of the molecule is CC(C)CNCCCS(=O)(=O)C1CCOC1C. The van der Waals surface area contributed by atoms with Crippen molar-refractivity contribution < 1.29 is 13.2 Å². The lowest BCUT2D eigenvalue weighted by atomic mass is 10.2. The van der Waals surface area contributed by atoms with E-state index in [1.165, 1.54) is 0 Å². The van der Waals surface area contributed by atoms with Crippen LogP contribution in [0, 0.1) is 5.92 Å². The van der Waals surface area contributed by atoms with Crippen LogP contribution in [-0.4, -0.2) is 45.2 Å². The van der Waals surface area contributed by atoms with Crippen molar-refractivity contribution in [3.8, 4) is 0 Å². The van der Waals surface area contributed by atoms with Crippen LogP contribution in [0.3, 0.4) is 0 Å². The average Bonchev–Trinajstić information content (AvgIpc) is 2.64. The van der Waals surface area contributed by atoms with Gasteiger partial charge in [-0.25, -0.2) is 8.42 Å². The standard InChI is InChI=1S/C12H25NO3S/c1-10(2)9-13-6-4-8-17(14,15)12-5-7-16-11(12)3/h10-13H,4-9H2,1-3H3. The summed E-state index contributed by atoms with van der Waals surface area (Å²) in [6.45, 7) is 8.44. The lowest BCUT2D eigenvalue weighted by Gasteiger charge is -2.15. The molecular formula is C12H25NO3S. The normalized spacial score (nSPS) is 25.6. The topological polar surface area (TPSA) is 55.4 Å². The summed E-state index contributed by atoms with van der Waals surface area (Å²) in [5.74, 6) is 0.881. The first-order valence-electron chi connectivity index (χ1n) is 6.47. The van der Waals surface area contributed by atoms with Gasteiger partial charge in [0, 0.05) is 6.61 Å². The van der Waals surface area contributed by atoms with E-state index in [0.29, 0.717) is 25.4 Å². The van der Waals surface area contributed by atoms with Gasteiger partial charge in [-0.3, -0.25) is 0 Å². The molecular weight excluding hydrogens is 238 g/mol. The van der Waals surface area contributed by atoms with Crippen LogP contribution in [0.5, 0.6) is 0 Å². The Hall–Kier alpha value is -0.130. The molecule has 0 aromatic rings. The third-order valence-electron chi connectivity index (χ3n) is 3.10. The van der Waals surface area contributed by atoms with Gasteiger partial charge in [0.05, 0.1) is 17.1 Å². The van der Waals surface area contributed by atoms with Gasteiger partial charge in [0.15, 0.2) is 9.84 Å². The Kier molecular flexibility index (Phi) is 5.89. The predicted octanol–water partition coefficient (Wildman–Crippen LogP) is 1.21. The van der Waals surface area contributed by atoms with Gasteiger partial charge in [0.2, 0.25) is 0 Å². The van der Waals surface area contributed by atoms with Crippen molar-refractivity contribution in [1.82, 2.24) is 5.32 Å². The molecule has 17 heavy (non-hydrogen) atoms. The summed E-state index contributed by atoms with van der Waals surface area (Å²) in [6.07, 6.45) is 1.21. The summed E-state index contributed by atoms with van der Waals surface area (Å²) in [5, 5.41) is 2.98. The molecule has 1 fully saturated rings. The molecule has 0 saturated carbocycles. The molecule has 2 atom stereocenters. The van der Waals surface area contributed by atoms with Crippen LogP contribution in [0.1, 0.15) is 33.6 Å². The van der Waals surface area contributed by atoms with Crippen molar-refractivity contribution >= 4 is 9.84 Å². The minimum atomic E-state index is -2.97. The highest BCUT2D eigenvalue weighted by Gasteiger charge is 2.34. The van der Waals surface area contributed by atoms with Crippen LogP contribution in [-0.2, 0) is 14.6 Å². The molecule has 1 aliphatic rings. The second-order valence-electron chi connectivity index (χ2n) is 5.22. The lowest BCUT2D eigenvalue weighted by molar-refractivity contribution is 0.126. The van der Waals surface area contributed by atoms with E-state index >= 15 is 0 Å². The predicted molar refractivity (Wildman–Crippen MR) is 69.9 cm³/mol. The van der Waals surface area contributed by atoms with E-state index in [1.54, 1.807) is 0 Å². The highest BCUT2D eigenvalue weighted by atomic mass is 32.2. The van der Waals surface area contributed by atoms with E-state index in [9.17, 15) is 8.42 Å². The second kappa shape index (κ2) is 6.71. The average molecular weight is 263 g/mol. The maximum absolute atomic E-state index is 12.0. The molecule has 0 spiro atoms. The van der Waals surface area contributed by atoms with E-state index in [0.717, 1.165) is 13.1 Å². The fourth-order valence-corrected chi connectivity index (χ4v) is 4.09. The molecule has 4 nitrogen and oxygen atoms in total. The minimum absolute atomic E-state index is 0.136. The molecule has 102 valence electrons. The number of rotatable bonds is 7. The number of ether oxygens (including phenoxy) is 1. The fraction of sp³-hybridized carbons (Fsp3) is 1.00. The summed E-state index contributed by atoms with van der Waals surface area (Å²) in [5.41, 5.74) is 0. The Morgan fingerprint density at radius 1 is 1.41 bits per heavy atom. The van der Waals surface area contributed by atoms with Crippen molar-refractivity contribution in [2.75, 3.05) is 25.4 Å².